The SMILES string of the molecule is C[C@H](NC(=O)[C@@H]1C[C@H]2C[C@H]2N1C(=O)OC(C)(C)C)c1cc(OS(=O)(=O)C(F)(F)F)ccc1/C=C/C1CC1. The van der Waals surface area contributed by atoms with Crippen molar-refractivity contribution in [3.05, 3.63) is 35.4 Å². The van der Waals surface area contributed by atoms with Gasteiger partial charge in [-0.3, -0.25) is 9.69 Å². The molecular weight excluding hydrogens is 513 g/mol. The fourth-order valence-electron chi connectivity index (χ4n) is 4.49. The van der Waals surface area contributed by atoms with Crippen LogP contribution in [0.4, 0.5) is 18.0 Å². The van der Waals surface area contributed by atoms with Crippen LogP contribution in [0.25, 0.3) is 6.08 Å². The minimum atomic E-state index is -5.85. The number of amides is 2. The summed E-state index contributed by atoms with van der Waals surface area (Å²) in [5.41, 5.74) is -5.31. The van der Waals surface area contributed by atoms with Crippen molar-refractivity contribution in [2.24, 2.45) is 11.8 Å². The molecule has 0 spiro atoms. The number of piperidine rings is 1. The molecule has 0 bridgehead atoms. The van der Waals surface area contributed by atoms with Gasteiger partial charge in [-0.1, -0.05) is 18.2 Å². The van der Waals surface area contributed by atoms with Gasteiger partial charge >= 0.3 is 21.7 Å². The molecule has 0 aromatic heterocycles. The van der Waals surface area contributed by atoms with Crippen molar-refractivity contribution in [3.8, 4) is 5.75 Å². The zero-order valence-corrected chi connectivity index (χ0v) is 21.9. The third-order valence-electron chi connectivity index (χ3n) is 6.55. The molecule has 2 amide bonds. The van der Waals surface area contributed by atoms with Gasteiger partial charge in [0.15, 0.2) is 0 Å². The first kappa shape index (κ1) is 27.3. The zero-order chi connectivity index (χ0) is 27.3. The molecule has 2 saturated carbocycles. The van der Waals surface area contributed by atoms with Gasteiger partial charge < -0.3 is 14.2 Å². The van der Waals surface area contributed by atoms with E-state index in [2.05, 4.69) is 9.50 Å². The molecule has 1 aromatic carbocycles. The Morgan fingerprint density at radius 2 is 1.84 bits per heavy atom. The Hall–Kier alpha value is -2.76. The van der Waals surface area contributed by atoms with Crippen LogP contribution >= 0.6 is 0 Å². The van der Waals surface area contributed by atoms with E-state index in [0.29, 0.717) is 23.5 Å². The summed E-state index contributed by atoms with van der Waals surface area (Å²) in [7, 11) is -5.85. The summed E-state index contributed by atoms with van der Waals surface area (Å²) in [6, 6.07) is 2.26. The van der Waals surface area contributed by atoms with Gasteiger partial charge in [-0.05, 0) is 88.5 Å². The van der Waals surface area contributed by atoms with E-state index in [1.54, 1.807) is 33.8 Å². The molecule has 2 aliphatic carbocycles. The molecule has 12 heteroatoms. The fourth-order valence-corrected chi connectivity index (χ4v) is 4.94. The highest BCUT2D eigenvalue weighted by Crippen LogP contribution is 2.48. The van der Waals surface area contributed by atoms with Gasteiger partial charge in [0, 0.05) is 6.04 Å². The van der Waals surface area contributed by atoms with E-state index in [0.717, 1.165) is 25.3 Å². The van der Waals surface area contributed by atoms with E-state index in [1.165, 1.54) is 17.0 Å². The number of carbonyl (C=O) groups excluding carboxylic acids is 2. The van der Waals surface area contributed by atoms with E-state index in [1.807, 2.05) is 6.08 Å². The third-order valence-corrected chi connectivity index (χ3v) is 7.53. The monoisotopic (exact) mass is 544 g/mol. The normalized spacial score (nSPS) is 24.5. The summed E-state index contributed by atoms with van der Waals surface area (Å²) in [5, 5.41) is 2.84. The second kappa shape index (κ2) is 9.52. The van der Waals surface area contributed by atoms with E-state index in [9.17, 15) is 31.2 Å². The largest absolute Gasteiger partial charge is 0.534 e. The summed E-state index contributed by atoms with van der Waals surface area (Å²) in [6.45, 7) is 6.87. The number of benzene rings is 1. The third kappa shape index (κ3) is 6.39. The predicted octanol–water partition coefficient (Wildman–Crippen LogP) is 4.91. The summed E-state index contributed by atoms with van der Waals surface area (Å²) in [6.07, 6.45) is 6.57. The van der Waals surface area contributed by atoms with Gasteiger partial charge in [-0.25, -0.2) is 4.79 Å². The molecule has 4 rings (SSSR count). The molecule has 1 aliphatic heterocycles. The number of nitrogens with one attached hydrogen (secondary N) is 1. The lowest BCUT2D eigenvalue weighted by molar-refractivity contribution is -0.126. The lowest BCUT2D eigenvalue weighted by atomic mass is 9.99. The van der Waals surface area contributed by atoms with Crippen molar-refractivity contribution in [3.63, 3.8) is 0 Å². The van der Waals surface area contributed by atoms with Crippen molar-refractivity contribution in [1.29, 1.82) is 0 Å². The summed E-state index contributed by atoms with van der Waals surface area (Å²) in [5.74, 6) is -0.307. The van der Waals surface area contributed by atoms with Crippen LogP contribution in [0.5, 0.6) is 5.75 Å². The molecule has 3 aliphatic rings. The second-order valence-corrected chi connectivity index (χ2v) is 12.4. The van der Waals surface area contributed by atoms with Crippen LogP contribution in [0.3, 0.4) is 0 Å². The van der Waals surface area contributed by atoms with Crippen molar-refractivity contribution < 1.29 is 40.1 Å². The number of allylic oxidation sites excluding steroid dienone is 1. The first-order valence-electron chi connectivity index (χ1n) is 12.2. The van der Waals surface area contributed by atoms with E-state index in [4.69, 9.17) is 4.74 Å². The molecule has 0 unspecified atom stereocenters. The average Bonchev–Trinajstić information content (AvgIpc) is 3.68. The highest BCUT2D eigenvalue weighted by Gasteiger charge is 2.57. The minimum absolute atomic E-state index is 0.0535. The second-order valence-electron chi connectivity index (χ2n) is 10.9. The maximum absolute atomic E-state index is 13.3. The number of alkyl halides is 3. The number of nitrogens with zero attached hydrogens (tertiary/aromatic N) is 1. The van der Waals surface area contributed by atoms with Crippen LogP contribution in [0.15, 0.2) is 24.3 Å². The van der Waals surface area contributed by atoms with Crippen molar-refractivity contribution >= 4 is 28.2 Å². The van der Waals surface area contributed by atoms with E-state index >= 15 is 0 Å². The first-order chi connectivity index (χ1) is 17.1. The Morgan fingerprint density at radius 1 is 1.16 bits per heavy atom. The molecule has 0 radical (unpaired) electrons. The Labute approximate surface area is 214 Å². The Morgan fingerprint density at radius 3 is 2.43 bits per heavy atom. The maximum atomic E-state index is 13.3. The Kier molecular flexibility index (Phi) is 7.02. The number of rotatable bonds is 7. The lowest BCUT2D eigenvalue weighted by Gasteiger charge is -2.30. The van der Waals surface area contributed by atoms with Crippen LogP contribution < -0.4 is 9.50 Å². The molecule has 3 fully saturated rings. The van der Waals surface area contributed by atoms with Crippen molar-refractivity contribution in [1.82, 2.24) is 10.2 Å². The summed E-state index contributed by atoms with van der Waals surface area (Å²) >= 11 is 0. The molecule has 1 saturated heterocycles. The summed E-state index contributed by atoms with van der Waals surface area (Å²) < 4.78 is 71.3. The van der Waals surface area contributed by atoms with Crippen molar-refractivity contribution in [2.45, 2.75) is 82.6 Å². The van der Waals surface area contributed by atoms with Gasteiger partial charge in [0.05, 0.1) is 6.04 Å². The maximum Gasteiger partial charge on any atom is 0.534 e. The zero-order valence-electron chi connectivity index (χ0n) is 21.0. The minimum Gasteiger partial charge on any atom is -0.444 e. The van der Waals surface area contributed by atoms with Crippen LogP contribution in [-0.2, 0) is 19.6 Å². The van der Waals surface area contributed by atoms with Gasteiger partial charge in [-0.2, -0.15) is 21.6 Å². The van der Waals surface area contributed by atoms with Crippen LogP contribution in [0, 0.1) is 11.8 Å². The molecular formula is C25H31F3N2O6S. The average molecular weight is 545 g/mol. The summed E-state index contributed by atoms with van der Waals surface area (Å²) in [4.78, 5) is 27.5. The number of likely N-dealkylation sites (tertiary alicyclic amines) is 1. The van der Waals surface area contributed by atoms with Crippen LogP contribution in [0.1, 0.15) is 70.5 Å². The molecule has 8 nitrogen and oxygen atoms in total. The Bertz CT molecular complexity index is 1200. The molecule has 37 heavy (non-hydrogen) atoms. The predicted molar refractivity (Wildman–Crippen MR) is 129 cm³/mol. The van der Waals surface area contributed by atoms with Gasteiger partial charge in [0.2, 0.25) is 5.91 Å². The highest BCUT2D eigenvalue weighted by molar-refractivity contribution is 7.88. The number of fused-ring (bicyclic) bond motifs is 1. The number of carbonyl (C=O) groups is 2. The smallest absolute Gasteiger partial charge is 0.444 e. The lowest BCUT2D eigenvalue weighted by Crippen LogP contribution is -2.49. The highest BCUT2D eigenvalue weighted by atomic mass is 32.2. The number of hydrogen-bond donors (Lipinski definition) is 1. The quantitative estimate of drug-likeness (QED) is 0.387. The number of ether oxygens (including phenoxy) is 1. The van der Waals surface area contributed by atoms with Gasteiger partial charge in [-0.15, -0.1) is 0 Å². The molecule has 1 N–H and O–H groups in total. The first-order valence-corrected chi connectivity index (χ1v) is 13.6. The van der Waals surface area contributed by atoms with Gasteiger partial charge in [0.1, 0.15) is 17.4 Å². The fraction of sp³-hybridized carbons (Fsp3) is 0.600. The molecule has 204 valence electrons. The molecule has 1 aromatic rings. The van der Waals surface area contributed by atoms with Crippen molar-refractivity contribution in [2.75, 3.05) is 0 Å². The van der Waals surface area contributed by atoms with E-state index < -0.39 is 51.1 Å². The number of hydrogen-bond acceptors (Lipinski definition) is 6. The van der Waals surface area contributed by atoms with Gasteiger partial charge in [0.25, 0.3) is 0 Å². The number of halogens is 3. The molecule has 4 atom stereocenters. The van der Waals surface area contributed by atoms with Crippen LogP contribution in [-0.4, -0.2) is 48.5 Å². The van der Waals surface area contributed by atoms with Crippen LogP contribution in [0.2, 0.25) is 0 Å². The topological polar surface area (TPSA) is 102 Å². The standard InChI is InChI=1S/C25H31F3N2O6S/c1-14(29-22(31)21-12-17-11-20(17)30(21)23(32)35-24(2,3)4)19-13-18(36-37(33,34)25(26,27)28)10-9-16(19)8-7-15-5-6-15/h7-10,13-15,17,20-21H,5-6,11-12H2,1-4H3,(H,29,31)/b8-7+/t14-,17+,20+,21-/m0/s1. The Balaban J connectivity index is 1.54. The van der Waals surface area contributed by atoms with E-state index in [-0.39, 0.29) is 12.0 Å². The molecule has 1 heterocycles.